The van der Waals surface area contributed by atoms with Gasteiger partial charge in [0, 0.05) is 21.3 Å². The van der Waals surface area contributed by atoms with Gasteiger partial charge in [0.15, 0.2) is 0 Å². The summed E-state index contributed by atoms with van der Waals surface area (Å²) in [5.41, 5.74) is 8.37. The van der Waals surface area contributed by atoms with Crippen molar-refractivity contribution in [3.8, 4) is 0 Å². The summed E-state index contributed by atoms with van der Waals surface area (Å²) in [5.74, 6) is 0.0668. The molecular weight excluding hydrogens is 380 g/mol. The largest absolute Gasteiger partial charge is 0.396 e. The standard InChI is InChI=1S/C19H25BrN4O/c1-19(2,3)24-8-6-12(7-9-24)18(25)23-16-11-22-15-10-13(20)4-5-14(15)17(16)21/h4-5,10-12H,6-9H2,1-3H3,(H2,21,22)(H,23,25). The highest BCUT2D eigenvalue weighted by molar-refractivity contribution is 9.10. The number of nitrogens with one attached hydrogen (secondary N) is 1. The number of aromatic nitrogens is 1. The van der Waals surface area contributed by atoms with Gasteiger partial charge in [-0.15, -0.1) is 0 Å². The fourth-order valence-corrected chi connectivity index (χ4v) is 3.68. The van der Waals surface area contributed by atoms with E-state index >= 15 is 0 Å². The van der Waals surface area contributed by atoms with Crippen molar-refractivity contribution in [3.05, 3.63) is 28.9 Å². The third-order valence-electron chi connectivity index (χ3n) is 4.95. The lowest BCUT2D eigenvalue weighted by Gasteiger charge is -2.40. The molecule has 1 aromatic carbocycles. The van der Waals surface area contributed by atoms with Crippen molar-refractivity contribution in [1.82, 2.24) is 9.88 Å². The van der Waals surface area contributed by atoms with Gasteiger partial charge in [-0.2, -0.15) is 0 Å². The zero-order valence-electron chi connectivity index (χ0n) is 15.0. The van der Waals surface area contributed by atoms with Crippen LogP contribution in [0.5, 0.6) is 0 Å². The predicted octanol–water partition coefficient (Wildman–Crippen LogP) is 4.03. The van der Waals surface area contributed by atoms with E-state index in [9.17, 15) is 4.79 Å². The van der Waals surface area contributed by atoms with Crippen molar-refractivity contribution < 1.29 is 4.79 Å². The van der Waals surface area contributed by atoms with Gasteiger partial charge >= 0.3 is 0 Å². The van der Waals surface area contributed by atoms with Gasteiger partial charge in [0.05, 0.1) is 23.1 Å². The SMILES string of the molecule is CC(C)(C)N1CCC(C(=O)Nc2cnc3cc(Br)ccc3c2N)CC1. The van der Waals surface area contributed by atoms with Gasteiger partial charge in [-0.05, 0) is 64.9 Å². The highest BCUT2D eigenvalue weighted by atomic mass is 79.9. The second-order valence-electron chi connectivity index (χ2n) is 7.67. The first kappa shape index (κ1) is 18.1. The van der Waals surface area contributed by atoms with Gasteiger partial charge in [-0.3, -0.25) is 14.7 Å². The van der Waals surface area contributed by atoms with Crippen LogP contribution in [-0.4, -0.2) is 34.4 Å². The zero-order valence-corrected chi connectivity index (χ0v) is 16.6. The van der Waals surface area contributed by atoms with Crippen molar-refractivity contribution in [2.45, 2.75) is 39.2 Å². The summed E-state index contributed by atoms with van der Waals surface area (Å²) in [4.78, 5) is 19.5. The summed E-state index contributed by atoms with van der Waals surface area (Å²) in [6.07, 6.45) is 3.39. The number of rotatable bonds is 2. The minimum Gasteiger partial charge on any atom is -0.396 e. The van der Waals surface area contributed by atoms with E-state index in [1.165, 1.54) is 0 Å². The number of fused-ring (bicyclic) bond motifs is 1. The minimum atomic E-state index is 0.0265. The van der Waals surface area contributed by atoms with Crippen LogP contribution in [0.4, 0.5) is 11.4 Å². The summed E-state index contributed by atoms with van der Waals surface area (Å²) in [6, 6.07) is 5.76. The van der Waals surface area contributed by atoms with Crippen LogP contribution in [0.25, 0.3) is 10.9 Å². The van der Waals surface area contributed by atoms with E-state index < -0.39 is 0 Å². The van der Waals surface area contributed by atoms with Crippen LogP contribution in [-0.2, 0) is 4.79 Å². The molecule has 0 unspecified atom stereocenters. The number of carbonyl (C=O) groups excluding carboxylic acids is 1. The maximum Gasteiger partial charge on any atom is 0.227 e. The van der Waals surface area contributed by atoms with Crippen molar-refractivity contribution in [1.29, 1.82) is 0 Å². The molecule has 1 saturated heterocycles. The molecule has 134 valence electrons. The maximum atomic E-state index is 12.6. The lowest BCUT2D eigenvalue weighted by atomic mass is 9.92. The highest BCUT2D eigenvalue weighted by Crippen LogP contribution is 2.30. The van der Waals surface area contributed by atoms with Crippen molar-refractivity contribution in [3.63, 3.8) is 0 Å². The molecule has 0 radical (unpaired) electrons. The Balaban J connectivity index is 1.71. The molecule has 0 spiro atoms. The summed E-state index contributed by atoms with van der Waals surface area (Å²) in [7, 11) is 0. The van der Waals surface area contributed by atoms with Gasteiger partial charge in [0.1, 0.15) is 0 Å². The highest BCUT2D eigenvalue weighted by Gasteiger charge is 2.30. The first-order valence-corrected chi connectivity index (χ1v) is 9.44. The first-order valence-electron chi connectivity index (χ1n) is 8.65. The van der Waals surface area contributed by atoms with Crippen molar-refractivity contribution in [2.24, 2.45) is 5.92 Å². The third kappa shape index (κ3) is 3.96. The molecule has 3 N–H and O–H groups in total. The Morgan fingerprint density at radius 3 is 2.64 bits per heavy atom. The van der Waals surface area contributed by atoms with Gasteiger partial charge in [-0.25, -0.2) is 0 Å². The smallest absolute Gasteiger partial charge is 0.227 e. The molecule has 1 amide bonds. The molecule has 1 aliphatic rings. The van der Waals surface area contributed by atoms with Crippen LogP contribution in [0.15, 0.2) is 28.9 Å². The number of pyridine rings is 1. The molecule has 0 saturated carbocycles. The molecule has 2 heterocycles. The quantitative estimate of drug-likeness (QED) is 0.792. The lowest BCUT2D eigenvalue weighted by Crippen LogP contribution is -2.47. The van der Waals surface area contributed by atoms with E-state index in [0.717, 1.165) is 41.3 Å². The Kier molecular flexibility index (Phi) is 5.02. The molecule has 1 aromatic heterocycles. The molecule has 0 aliphatic carbocycles. The average molecular weight is 405 g/mol. The second kappa shape index (κ2) is 6.92. The number of anilines is 2. The molecule has 3 rings (SSSR count). The van der Waals surface area contributed by atoms with Crippen LogP contribution in [0.1, 0.15) is 33.6 Å². The number of amides is 1. The molecule has 6 heteroatoms. The topological polar surface area (TPSA) is 71.2 Å². The van der Waals surface area contributed by atoms with Gasteiger partial charge in [0.2, 0.25) is 5.91 Å². The normalized spacial score (nSPS) is 17.0. The number of nitrogens with two attached hydrogens (primary N) is 1. The molecule has 5 nitrogen and oxygen atoms in total. The zero-order chi connectivity index (χ0) is 18.2. The Bertz CT molecular complexity index is 792. The fourth-order valence-electron chi connectivity index (χ4n) is 3.33. The van der Waals surface area contributed by atoms with Gasteiger partial charge in [-0.1, -0.05) is 15.9 Å². The number of benzene rings is 1. The van der Waals surface area contributed by atoms with E-state index in [1.54, 1.807) is 6.20 Å². The number of halogens is 1. The van der Waals surface area contributed by atoms with Gasteiger partial charge in [0.25, 0.3) is 0 Å². The van der Waals surface area contributed by atoms with E-state index in [1.807, 2.05) is 18.2 Å². The molecule has 2 aromatic rings. The summed E-state index contributed by atoms with van der Waals surface area (Å²) in [6.45, 7) is 8.54. The predicted molar refractivity (Wildman–Crippen MR) is 107 cm³/mol. The van der Waals surface area contributed by atoms with Crippen LogP contribution < -0.4 is 11.1 Å². The van der Waals surface area contributed by atoms with E-state index in [4.69, 9.17) is 5.73 Å². The Hall–Kier alpha value is -1.66. The van der Waals surface area contributed by atoms with Crippen molar-refractivity contribution >= 4 is 44.1 Å². The first-order chi connectivity index (χ1) is 11.8. The fraction of sp³-hybridized carbons (Fsp3) is 0.474. The number of nitrogens with zero attached hydrogens (tertiary/aromatic N) is 2. The third-order valence-corrected chi connectivity index (χ3v) is 5.44. The maximum absolute atomic E-state index is 12.6. The summed E-state index contributed by atoms with van der Waals surface area (Å²) < 4.78 is 0.953. The molecule has 1 aliphatic heterocycles. The molecule has 0 atom stereocenters. The van der Waals surface area contributed by atoms with E-state index in [2.05, 4.69) is 51.9 Å². The molecular formula is C19H25BrN4O. The Morgan fingerprint density at radius 2 is 2.00 bits per heavy atom. The number of hydrogen-bond donors (Lipinski definition) is 2. The van der Waals surface area contributed by atoms with E-state index in [0.29, 0.717) is 11.4 Å². The lowest BCUT2D eigenvalue weighted by molar-refractivity contribution is -0.121. The number of likely N-dealkylation sites (tertiary alicyclic amines) is 1. The van der Waals surface area contributed by atoms with Crippen LogP contribution in [0, 0.1) is 5.92 Å². The van der Waals surface area contributed by atoms with Crippen LogP contribution in [0.3, 0.4) is 0 Å². The molecule has 1 fully saturated rings. The Morgan fingerprint density at radius 1 is 1.32 bits per heavy atom. The number of nitrogen functional groups attached to an aromatic ring is 1. The second-order valence-corrected chi connectivity index (χ2v) is 8.58. The number of carbonyl (C=O) groups is 1. The number of piperidine rings is 1. The minimum absolute atomic E-state index is 0.0265. The summed E-state index contributed by atoms with van der Waals surface area (Å²) in [5, 5.41) is 3.83. The monoisotopic (exact) mass is 404 g/mol. The van der Waals surface area contributed by atoms with E-state index in [-0.39, 0.29) is 17.4 Å². The molecule has 0 bridgehead atoms. The Labute approximate surface area is 157 Å². The van der Waals surface area contributed by atoms with Gasteiger partial charge < -0.3 is 11.1 Å². The van der Waals surface area contributed by atoms with Crippen molar-refractivity contribution in [2.75, 3.05) is 24.1 Å². The average Bonchev–Trinajstić information content (AvgIpc) is 2.56. The molecule has 25 heavy (non-hydrogen) atoms. The van der Waals surface area contributed by atoms with Crippen LogP contribution in [0.2, 0.25) is 0 Å². The number of hydrogen-bond acceptors (Lipinski definition) is 4. The van der Waals surface area contributed by atoms with Crippen LogP contribution >= 0.6 is 15.9 Å². The summed E-state index contributed by atoms with van der Waals surface area (Å²) >= 11 is 3.43.